The number of rotatable bonds is 4. The van der Waals surface area contributed by atoms with Gasteiger partial charge in [0, 0.05) is 5.56 Å². The van der Waals surface area contributed by atoms with Crippen LogP contribution < -0.4 is 14.2 Å². The molecule has 4 nitrogen and oxygen atoms in total. The fraction of sp³-hybridized carbons (Fsp3) is 0.167. The second-order valence-corrected chi connectivity index (χ2v) is 4.95. The number of hydrogen-bond donors (Lipinski definition) is 0. The normalized spacial score (nSPS) is 13.1. The first-order chi connectivity index (χ1) is 11.2. The molecule has 0 aromatic heterocycles. The van der Waals surface area contributed by atoms with E-state index in [0.29, 0.717) is 36.0 Å². The zero-order valence-corrected chi connectivity index (χ0v) is 12.5. The van der Waals surface area contributed by atoms with Gasteiger partial charge in [0.05, 0.1) is 7.11 Å². The predicted octanol–water partition coefficient (Wildman–Crippen LogP) is 3.50. The zero-order chi connectivity index (χ0) is 16.2. The van der Waals surface area contributed by atoms with E-state index in [2.05, 4.69) is 0 Å². The van der Waals surface area contributed by atoms with Crippen molar-refractivity contribution < 1.29 is 23.4 Å². The topological polar surface area (TPSA) is 44.8 Å². The van der Waals surface area contributed by atoms with Crippen LogP contribution in [0.2, 0.25) is 0 Å². The maximum atomic E-state index is 12.9. The number of halogens is 1. The van der Waals surface area contributed by atoms with Gasteiger partial charge in [-0.3, -0.25) is 4.79 Å². The molecule has 0 radical (unpaired) electrons. The van der Waals surface area contributed by atoms with E-state index in [-0.39, 0.29) is 11.6 Å². The fourth-order valence-corrected chi connectivity index (χ4v) is 2.27. The number of ether oxygens (including phenoxy) is 3. The van der Waals surface area contributed by atoms with Crippen LogP contribution in [0.25, 0.3) is 6.08 Å². The minimum Gasteiger partial charge on any atom is -0.493 e. The summed E-state index contributed by atoms with van der Waals surface area (Å²) in [7, 11) is 1.55. The van der Waals surface area contributed by atoms with E-state index in [1.807, 2.05) is 0 Å². The molecule has 0 fully saturated rings. The molecule has 5 heteroatoms. The molecule has 118 valence electrons. The summed E-state index contributed by atoms with van der Waals surface area (Å²) in [5.74, 6) is 1.13. The van der Waals surface area contributed by atoms with Crippen LogP contribution in [0.5, 0.6) is 17.2 Å². The number of methoxy groups -OCH3 is 1. The van der Waals surface area contributed by atoms with Crippen molar-refractivity contribution in [1.29, 1.82) is 0 Å². The van der Waals surface area contributed by atoms with Crippen LogP contribution >= 0.6 is 0 Å². The number of allylic oxidation sites excluding steroid dienone is 1. The molecule has 2 aromatic carbocycles. The maximum absolute atomic E-state index is 12.9. The van der Waals surface area contributed by atoms with E-state index in [1.165, 1.54) is 30.3 Å². The van der Waals surface area contributed by atoms with Crippen molar-refractivity contribution in [3.63, 3.8) is 0 Å². The quantitative estimate of drug-likeness (QED) is 0.640. The third-order valence-corrected chi connectivity index (χ3v) is 3.41. The highest BCUT2D eigenvalue weighted by Crippen LogP contribution is 2.40. The first-order valence-electron chi connectivity index (χ1n) is 7.13. The van der Waals surface area contributed by atoms with Crippen molar-refractivity contribution in [2.24, 2.45) is 0 Å². The van der Waals surface area contributed by atoms with Gasteiger partial charge >= 0.3 is 0 Å². The smallest absolute Gasteiger partial charge is 0.203 e. The molecule has 0 atom stereocenters. The fourth-order valence-electron chi connectivity index (χ4n) is 2.27. The molecule has 2 aromatic rings. The first-order valence-corrected chi connectivity index (χ1v) is 7.13. The SMILES string of the molecule is COc1cc(/C=C/C(=O)c2ccc(F)cc2)cc2c1OCCO2. The molecule has 1 aliphatic rings. The van der Waals surface area contributed by atoms with Gasteiger partial charge in [0.2, 0.25) is 5.75 Å². The van der Waals surface area contributed by atoms with Gasteiger partial charge in [-0.15, -0.1) is 0 Å². The Morgan fingerprint density at radius 1 is 1.17 bits per heavy atom. The van der Waals surface area contributed by atoms with E-state index in [4.69, 9.17) is 14.2 Å². The van der Waals surface area contributed by atoms with Crippen LogP contribution in [0.4, 0.5) is 4.39 Å². The molecule has 0 saturated carbocycles. The van der Waals surface area contributed by atoms with Crippen LogP contribution in [0.15, 0.2) is 42.5 Å². The molecule has 0 N–H and O–H groups in total. The summed E-state index contributed by atoms with van der Waals surface area (Å²) in [6.45, 7) is 0.944. The summed E-state index contributed by atoms with van der Waals surface area (Å²) in [5, 5.41) is 0. The predicted molar refractivity (Wildman–Crippen MR) is 83.7 cm³/mol. The molecule has 0 spiro atoms. The number of fused-ring (bicyclic) bond motifs is 1. The van der Waals surface area contributed by atoms with Gasteiger partial charge in [-0.05, 0) is 48.0 Å². The number of hydrogen-bond acceptors (Lipinski definition) is 4. The Kier molecular flexibility index (Phi) is 4.28. The summed E-state index contributed by atoms with van der Waals surface area (Å²) in [6.07, 6.45) is 3.09. The first kappa shape index (κ1) is 15.1. The highest BCUT2D eigenvalue weighted by atomic mass is 19.1. The minimum atomic E-state index is -0.373. The summed E-state index contributed by atoms with van der Waals surface area (Å²) < 4.78 is 29.2. The molecule has 23 heavy (non-hydrogen) atoms. The van der Waals surface area contributed by atoms with Crippen molar-refractivity contribution in [3.05, 3.63) is 59.4 Å². The number of carbonyl (C=O) groups is 1. The average molecular weight is 314 g/mol. The number of ketones is 1. The maximum Gasteiger partial charge on any atom is 0.203 e. The van der Waals surface area contributed by atoms with Crippen LogP contribution in [0.1, 0.15) is 15.9 Å². The summed E-state index contributed by atoms with van der Waals surface area (Å²) >= 11 is 0. The second kappa shape index (κ2) is 6.52. The molecule has 1 aliphatic heterocycles. The van der Waals surface area contributed by atoms with Gasteiger partial charge in [-0.1, -0.05) is 6.08 Å². The van der Waals surface area contributed by atoms with E-state index < -0.39 is 0 Å². The second-order valence-electron chi connectivity index (χ2n) is 4.95. The van der Waals surface area contributed by atoms with Crippen molar-refractivity contribution in [3.8, 4) is 17.2 Å². The van der Waals surface area contributed by atoms with Crippen LogP contribution in [-0.2, 0) is 0 Å². The molecule has 0 saturated heterocycles. The van der Waals surface area contributed by atoms with E-state index in [1.54, 1.807) is 25.3 Å². The zero-order valence-electron chi connectivity index (χ0n) is 12.5. The average Bonchev–Trinajstić information content (AvgIpc) is 2.59. The third-order valence-electron chi connectivity index (χ3n) is 3.41. The Morgan fingerprint density at radius 2 is 1.91 bits per heavy atom. The van der Waals surface area contributed by atoms with E-state index in [9.17, 15) is 9.18 Å². The molecule has 0 amide bonds. The van der Waals surface area contributed by atoms with Gasteiger partial charge < -0.3 is 14.2 Å². The van der Waals surface area contributed by atoms with Crippen molar-refractivity contribution >= 4 is 11.9 Å². The van der Waals surface area contributed by atoms with Gasteiger partial charge in [0.1, 0.15) is 19.0 Å². The Bertz CT molecular complexity index is 733. The van der Waals surface area contributed by atoms with E-state index >= 15 is 0 Å². The van der Waals surface area contributed by atoms with Crippen molar-refractivity contribution in [1.82, 2.24) is 0 Å². The van der Waals surface area contributed by atoms with Crippen molar-refractivity contribution in [2.75, 3.05) is 20.3 Å². The van der Waals surface area contributed by atoms with Crippen molar-refractivity contribution in [2.45, 2.75) is 0 Å². The lowest BCUT2D eigenvalue weighted by Crippen LogP contribution is -2.16. The molecule has 0 bridgehead atoms. The highest BCUT2D eigenvalue weighted by Gasteiger charge is 2.17. The minimum absolute atomic E-state index is 0.209. The largest absolute Gasteiger partial charge is 0.493 e. The third kappa shape index (κ3) is 3.34. The molecule has 3 rings (SSSR count). The standard InChI is InChI=1S/C18H15FO4/c1-21-16-10-12(11-17-18(16)23-9-8-22-17)2-7-15(20)13-3-5-14(19)6-4-13/h2-7,10-11H,8-9H2,1H3/b7-2+. The molecular weight excluding hydrogens is 299 g/mol. The van der Waals surface area contributed by atoms with Crippen LogP contribution in [0.3, 0.4) is 0 Å². The number of carbonyl (C=O) groups excluding carboxylic acids is 1. The summed E-state index contributed by atoms with van der Waals surface area (Å²) in [4.78, 5) is 12.1. The lowest BCUT2D eigenvalue weighted by Gasteiger charge is -2.20. The molecular formula is C18H15FO4. The lowest BCUT2D eigenvalue weighted by molar-refractivity contribution is 0.104. The molecule has 1 heterocycles. The van der Waals surface area contributed by atoms with E-state index in [0.717, 1.165) is 5.56 Å². The Labute approximate surface area is 133 Å². The Balaban J connectivity index is 1.84. The lowest BCUT2D eigenvalue weighted by atomic mass is 10.1. The summed E-state index contributed by atoms with van der Waals surface area (Å²) in [5.41, 5.74) is 1.17. The van der Waals surface area contributed by atoms with Crippen LogP contribution in [0, 0.1) is 5.82 Å². The van der Waals surface area contributed by atoms with Crippen LogP contribution in [-0.4, -0.2) is 26.1 Å². The van der Waals surface area contributed by atoms with Gasteiger partial charge in [0.25, 0.3) is 0 Å². The van der Waals surface area contributed by atoms with Gasteiger partial charge in [0.15, 0.2) is 17.3 Å². The molecule has 0 aliphatic carbocycles. The number of benzene rings is 2. The van der Waals surface area contributed by atoms with Gasteiger partial charge in [-0.2, -0.15) is 0 Å². The monoisotopic (exact) mass is 314 g/mol. The molecule has 0 unspecified atom stereocenters. The summed E-state index contributed by atoms with van der Waals surface area (Å²) in [6, 6.07) is 8.97. The Hall–Kier alpha value is -2.82. The Morgan fingerprint density at radius 3 is 2.65 bits per heavy atom. The van der Waals surface area contributed by atoms with Gasteiger partial charge in [-0.25, -0.2) is 4.39 Å². The highest BCUT2D eigenvalue weighted by molar-refractivity contribution is 6.06.